The summed E-state index contributed by atoms with van der Waals surface area (Å²) in [6, 6.07) is 28.6. The molecule has 38 heavy (non-hydrogen) atoms. The fraction of sp³-hybridized carbons (Fsp3) is 0.0968. The van der Waals surface area contributed by atoms with E-state index >= 15 is 0 Å². The van der Waals surface area contributed by atoms with Crippen LogP contribution in [0.5, 0.6) is 11.5 Å². The van der Waals surface area contributed by atoms with Crippen molar-refractivity contribution in [2.24, 2.45) is 4.99 Å². The maximum absolute atomic E-state index is 12.6. The van der Waals surface area contributed by atoms with E-state index in [-0.39, 0.29) is 11.6 Å². The minimum Gasteiger partial charge on any atom is -0.490 e. The van der Waals surface area contributed by atoms with Crippen LogP contribution in [0.3, 0.4) is 0 Å². The van der Waals surface area contributed by atoms with E-state index in [1.54, 1.807) is 30.3 Å². The van der Waals surface area contributed by atoms with Gasteiger partial charge in [0.25, 0.3) is 0 Å². The molecule has 190 valence electrons. The highest BCUT2D eigenvalue weighted by Gasteiger charge is 2.24. The van der Waals surface area contributed by atoms with Crippen LogP contribution in [-0.4, -0.2) is 18.5 Å². The van der Waals surface area contributed by atoms with E-state index in [0.29, 0.717) is 45.9 Å². The summed E-state index contributed by atoms with van der Waals surface area (Å²) in [5.74, 6) is 0.597. The number of aliphatic imine (C=N–C) groups is 1. The fourth-order valence-corrected chi connectivity index (χ4v) is 4.34. The van der Waals surface area contributed by atoms with Gasteiger partial charge < -0.3 is 14.2 Å². The second-order valence-electron chi connectivity index (χ2n) is 8.46. The summed E-state index contributed by atoms with van der Waals surface area (Å²) >= 11 is 12.5. The molecule has 0 aromatic heterocycles. The van der Waals surface area contributed by atoms with Crippen molar-refractivity contribution in [1.29, 1.82) is 0 Å². The van der Waals surface area contributed by atoms with Gasteiger partial charge in [0.2, 0.25) is 5.90 Å². The third-order valence-corrected chi connectivity index (χ3v) is 6.32. The lowest BCUT2D eigenvalue weighted by Gasteiger charge is -2.14. The SMILES string of the molecule is CCOc1cc(/C=C2\N=C(c3ccc(-c4ccccc4)cc3)OC2=O)cc(Cl)c1OCc1ccc(Cl)cc1. The molecule has 5 nitrogen and oxygen atoms in total. The van der Waals surface area contributed by atoms with Crippen molar-refractivity contribution < 1.29 is 19.0 Å². The van der Waals surface area contributed by atoms with Crippen molar-refractivity contribution in [3.63, 3.8) is 0 Å². The molecule has 1 heterocycles. The van der Waals surface area contributed by atoms with Gasteiger partial charge in [-0.05, 0) is 71.7 Å². The lowest BCUT2D eigenvalue weighted by atomic mass is 10.0. The van der Waals surface area contributed by atoms with Crippen LogP contribution < -0.4 is 9.47 Å². The number of esters is 1. The lowest BCUT2D eigenvalue weighted by molar-refractivity contribution is -0.129. The first-order chi connectivity index (χ1) is 18.5. The maximum Gasteiger partial charge on any atom is 0.363 e. The summed E-state index contributed by atoms with van der Waals surface area (Å²) in [5, 5.41) is 1.00. The second-order valence-corrected chi connectivity index (χ2v) is 9.30. The largest absolute Gasteiger partial charge is 0.490 e. The Morgan fingerprint density at radius 2 is 1.53 bits per heavy atom. The summed E-state index contributed by atoms with van der Waals surface area (Å²) in [6.07, 6.45) is 1.62. The zero-order valence-electron chi connectivity index (χ0n) is 20.5. The normalized spacial score (nSPS) is 13.8. The molecule has 0 amide bonds. The summed E-state index contributed by atoms with van der Waals surface area (Å²) in [4.78, 5) is 17.0. The number of benzene rings is 4. The van der Waals surface area contributed by atoms with E-state index in [1.807, 2.05) is 73.7 Å². The molecule has 7 heteroatoms. The summed E-state index contributed by atoms with van der Waals surface area (Å²) < 4.78 is 17.2. The van der Waals surface area contributed by atoms with E-state index in [9.17, 15) is 4.79 Å². The first kappa shape index (κ1) is 25.6. The van der Waals surface area contributed by atoms with Gasteiger partial charge in [-0.25, -0.2) is 9.79 Å². The van der Waals surface area contributed by atoms with Crippen LogP contribution in [0.25, 0.3) is 17.2 Å². The Balaban J connectivity index is 1.37. The Morgan fingerprint density at radius 1 is 0.842 bits per heavy atom. The molecule has 4 aromatic rings. The van der Waals surface area contributed by atoms with Gasteiger partial charge in [-0.15, -0.1) is 0 Å². The zero-order valence-corrected chi connectivity index (χ0v) is 22.0. The average molecular weight is 544 g/mol. The van der Waals surface area contributed by atoms with Gasteiger partial charge in [0.1, 0.15) is 6.61 Å². The van der Waals surface area contributed by atoms with E-state index < -0.39 is 5.97 Å². The van der Waals surface area contributed by atoms with E-state index in [1.165, 1.54) is 0 Å². The fourth-order valence-electron chi connectivity index (χ4n) is 3.94. The molecule has 1 aliphatic rings. The number of carbonyl (C=O) groups is 1. The van der Waals surface area contributed by atoms with Gasteiger partial charge in [-0.3, -0.25) is 0 Å². The molecule has 0 bridgehead atoms. The first-order valence-electron chi connectivity index (χ1n) is 12.0. The summed E-state index contributed by atoms with van der Waals surface area (Å²) in [7, 11) is 0. The Morgan fingerprint density at radius 3 is 2.24 bits per heavy atom. The minimum absolute atomic E-state index is 0.167. The highest BCUT2D eigenvalue weighted by Crippen LogP contribution is 2.38. The number of hydrogen-bond acceptors (Lipinski definition) is 5. The molecule has 0 N–H and O–H groups in total. The number of carbonyl (C=O) groups excluding carboxylic acids is 1. The molecule has 0 atom stereocenters. The van der Waals surface area contributed by atoms with Crippen molar-refractivity contribution in [2.45, 2.75) is 13.5 Å². The number of hydrogen-bond donors (Lipinski definition) is 0. The molecule has 5 rings (SSSR count). The molecule has 0 unspecified atom stereocenters. The van der Waals surface area contributed by atoms with Crippen molar-refractivity contribution in [3.8, 4) is 22.6 Å². The highest BCUT2D eigenvalue weighted by molar-refractivity contribution is 6.32. The molecule has 1 aliphatic heterocycles. The van der Waals surface area contributed by atoms with E-state index in [4.69, 9.17) is 37.4 Å². The number of nitrogens with zero attached hydrogens (tertiary/aromatic N) is 1. The average Bonchev–Trinajstić information content (AvgIpc) is 3.30. The Hall–Kier alpha value is -4.06. The number of rotatable bonds is 8. The van der Waals surface area contributed by atoms with Gasteiger partial charge >= 0.3 is 5.97 Å². The molecule has 4 aromatic carbocycles. The minimum atomic E-state index is -0.538. The van der Waals surface area contributed by atoms with Gasteiger partial charge in [-0.2, -0.15) is 0 Å². The van der Waals surface area contributed by atoms with Crippen LogP contribution >= 0.6 is 23.2 Å². The first-order valence-corrected chi connectivity index (χ1v) is 12.8. The van der Waals surface area contributed by atoms with Crippen LogP contribution in [0.2, 0.25) is 10.0 Å². The lowest BCUT2D eigenvalue weighted by Crippen LogP contribution is -2.05. The predicted molar refractivity (Wildman–Crippen MR) is 151 cm³/mol. The smallest absolute Gasteiger partial charge is 0.363 e. The quantitative estimate of drug-likeness (QED) is 0.167. The molecule has 0 radical (unpaired) electrons. The topological polar surface area (TPSA) is 57.1 Å². The van der Waals surface area contributed by atoms with Crippen LogP contribution in [0.4, 0.5) is 0 Å². The van der Waals surface area contributed by atoms with Crippen molar-refractivity contribution in [3.05, 3.63) is 123 Å². The van der Waals surface area contributed by atoms with Crippen molar-refractivity contribution in [2.75, 3.05) is 6.61 Å². The van der Waals surface area contributed by atoms with Crippen LogP contribution in [0.15, 0.2) is 102 Å². The Bertz CT molecular complexity index is 1510. The molecule has 0 saturated heterocycles. The van der Waals surface area contributed by atoms with Gasteiger partial charge in [0, 0.05) is 10.6 Å². The van der Waals surface area contributed by atoms with Gasteiger partial charge in [-0.1, -0.05) is 77.8 Å². The standard InChI is InChI=1S/C31H23Cl2NO4/c1-2-36-28-18-21(16-26(33)29(28)37-19-20-8-14-25(32)15-9-20)17-27-31(35)38-30(34-27)24-12-10-23(11-13-24)22-6-4-3-5-7-22/h3-18H,2,19H2,1H3/b27-17-. The monoisotopic (exact) mass is 543 g/mol. The van der Waals surface area contributed by atoms with Crippen molar-refractivity contribution >= 4 is 41.1 Å². The summed E-state index contributed by atoms with van der Waals surface area (Å²) in [5.41, 5.74) is 4.61. The van der Waals surface area contributed by atoms with Gasteiger partial charge in [0.15, 0.2) is 17.2 Å². The molecular formula is C31H23Cl2NO4. The Kier molecular flexibility index (Phi) is 7.78. The van der Waals surface area contributed by atoms with Gasteiger partial charge in [0.05, 0.1) is 11.6 Å². The van der Waals surface area contributed by atoms with Crippen LogP contribution in [-0.2, 0) is 16.1 Å². The molecular weight excluding hydrogens is 521 g/mol. The highest BCUT2D eigenvalue weighted by atomic mass is 35.5. The van der Waals surface area contributed by atoms with E-state index in [0.717, 1.165) is 16.7 Å². The third-order valence-electron chi connectivity index (χ3n) is 5.79. The predicted octanol–water partition coefficient (Wildman–Crippen LogP) is 7.98. The zero-order chi connectivity index (χ0) is 26.5. The molecule has 0 fully saturated rings. The molecule has 0 aliphatic carbocycles. The number of ether oxygens (including phenoxy) is 3. The van der Waals surface area contributed by atoms with Crippen LogP contribution in [0.1, 0.15) is 23.6 Å². The van der Waals surface area contributed by atoms with Crippen LogP contribution in [0, 0.1) is 0 Å². The summed E-state index contributed by atoms with van der Waals surface area (Å²) in [6.45, 7) is 2.58. The number of cyclic esters (lactones) is 1. The van der Waals surface area contributed by atoms with E-state index in [2.05, 4.69) is 4.99 Å². The second kappa shape index (κ2) is 11.5. The molecule has 0 saturated carbocycles. The maximum atomic E-state index is 12.6. The van der Waals surface area contributed by atoms with Crippen molar-refractivity contribution in [1.82, 2.24) is 0 Å². The third kappa shape index (κ3) is 5.91. The number of halogens is 2. The molecule has 0 spiro atoms. The Labute approximate surface area is 230 Å².